The number of nitrogens with zero attached hydrogens (tertiary/aromatic N) is 3. The summed E-state index contributed by atoms with van der Waals surface area (Å²) in [7, 11) is -4.32. The number of rotatable bonds is 9. The normalized spacial score (nSPS) is 27.4. The van der Waals surface area contributed by atoms with Crippen LogP contribution in [0.2, 0.25) is 0 Å². The summed E-state index contributed by atoms with van der Waals surface area (Å²) in [5, 5.41) is 2.60. The van der Waals surface area contributed by atoms with Gasteiger partial charge in [0.2, 0.25) is 21.8 Å². The van der Waals surface area contributed by atoms with E-state index >= 15 is 0 Å². The molecular formula is C25H27F5N4O4S. The fourth-order valence-electron chi connectivity index (χ4n) is 4.80. The standard InChI is InChI=1S/C25H27F5N4O4S/c1-13-20(27)10-21(34(13)39(36,37)18-6-4-16(26)5-7-18)24(35)31-11-17-9-22(33-23(32-17)14-2-3-14)38-12-15-8-19(15)25(28,29)30/h4-7,9,13-15,19-21H,2-3,8,10-12H2,1H3,(H,31,35)/t13?,15-,19+,20?,21?/m0/s1. The van der Waals surface area contributed by atoms with Gasteiger partial charge >= 0.3 is 6.18 Å². The van der Waals surface area contributed by atoms with E-state index in [-0.39, 0.29) is 42.7 Å². The lowest BCUT2D eigenvalue weighted by molar-refractivity contribution is -0.151. The molecule has 1 aromatic heterocycles. The van der Waals surface area contributed by atoms with Crippen LogP contribution in [0.25, 0.3) is 0 Å². The number of hydrogen-bond donors (Lipinski definition) is 1. The Bertz CT molecular complexity index is 1340. The van der Waals surface area contributed by atoms with Gasteiger partial charge in [-0.3, -0.25) is 4.79 Å². The number of sulfonamides is 1. The maximum atomic E-state index is 14.7. The van der Waals surface area contributed by atoms with Crippen LogP contribution in [0.1, 0.15) is 50.0 Å². The van der Waals surface area contributed by atoms with Crippen molar-refractivity contribution in [2.24, 2.45) is 11.8 Å². The lowest BCUT2D eigenvalue weighted by Gasteiger charge is -2.26. The zero-order valence-corrected chi connectivity index (χ0v) is 21.7. The van der Waals surface area contributed by atoms with Crippen LogP contribution in [0.15, 0.2) is 35.2 Å². The number of alkyl halides is 4. The number of carbonyl (C=O) groups is 1. The molecule has 1 saturated heterocycles. The van der Waals surface area contributed by atoms with Gasteiger partial charge in [-0.1, -0.05) is 0 Å². The van der Waals surface area contributed by atoms with Gasteiger partial charge in [-0.05, 0) is 50.5 Å². The molecule has 39 heavy (non-hydrogen) atoms. The number of carbonyl (C=O) groups excluding carboxylic acids is 1. The van der Waals surface area contributed by atoms with Gasteiger partial charge in [-0.15, -0.1) is 0 Å². The fraction of sp³-hybridized carbons (Fsp3) is 0.560. The Morgan fingerprint density at radius 3 is 2.46 bits per heavy atom. The maximum Gasteiger partial charge on any atom is 0.392 e. The molecule has 14 heteroatoms. The summed E-state index contributed by atoms with van der Waals surface area (Å²) in [5.74, 6) is -2.76. The summed E-state index contributed by atoms with van der Waals surface area (Å²) in [6, 6.07) is 2.98. The van der Waals surface area contributed by atoms with E-state index in [2.05, 4.69) is 15.3 Å². The van der Waals surface area contributed by atoms with Crippen LogP contribution in [0.4, 0.5) is 22.0 Å². The Morgan fingerprint density at radius 2 is 1.85 bits per heavy atom. The molecule has 3 aliphatic rings. The Balaban J connectivity index is 1.28. The van der Waals surface area contributed by atoms with Gasteiger partial charge in [0, 0.05) is 24.3 Å². The predicted octanol–water partition coefficient (Wildman–Crippen LogP) is 3.88. The molecule has 8 nitrogen and oxygen atoms in total. The third-order valence-electron chi connectivity index (χ3n) is 7.32. The Kier molecular flexibility index (Phi) is 7.29. The lowest BCUT2D eigenvalue weighted by Crippen LogP contribution is -2.48. The molecule has 2 heterocycles. The molecule has 2 aliphatic carbocycles. The molecule has 5 atom stereocenters. The highest BCUT2D eigenvalue weighted by Gasteiger charge is 2.56. The molecule has 1 N–H and O–H groups in total. The van der Waals surface area contributed by atoms with Crippen molar-refractivity contribution in [3.8, 4) is 5.88 Å². The van der Waals surface area contributed by atoms with Crippen LogP contribution in [-0.2, 0) is 21.4 Å². The Labute approximate surface area is 222 Å². The Morgan fingerprint density at radius 1 is 1.15 bits per heavy atom. The number of nitrogens with one attached hydrogen (secondary N) is 1. The highest BCUT2D eigenvalue weighted by atomic mass is 32.2. The molecule has 5 rings (SSSR count). The van der Waals surface area contributed by atoms with Gasteiger partial charge in [0.05, 0.1) is 35.7 Å². The van der Waals surface area contributed by atoms with E-state index in [1.807, 2.05) is 0 Å². The summed E-state index contributed by atoms with van der Waals surface area (Å²) in [6.45, 7) is 1.06. The van der Waals surface area contributed by atoms with Gasteiger partial charge in [-0.2, -0.15) is 22.5 Å². The zero-order chi connectivity index (χ0) is 28.1. The van der Waals surface area contributed by atoms with Gasteiger partial charge in [0.1, 0.15) is 23.9 Å². The van der Waals surface area contributed by atoms with E-state index < -0.39 is 58.0 Å². The highest BCUT2D eigenvalue weighted by Crippen LogP contribution is 2.50. The average molecular weight is 575 g/mol. The van der Waals surface area contributed by atoms with Gasteiger partial charge in [0.25, 0.3) is 0 Å². The lowest BCUT2D eigenvalue weighted by atomic mass is 10.1. The molecule has 0 radical (unpaired) electrons. The fourth-order valence-corrected chi connectivity index (χ4v) is 6.61. The third kappa shape index (κ3) is 6.01. The van der Waals surface area contributed by atoms with Crippen molar-refractivity contribution < 1.29 is 39.9 Å². The monoisotopic (exact) mass is 574 g/mol. The molecular weight excluding hydrogens is 547 g/mol. The predicted molar refractivity (Wildman–Crippen MR) is 127 cm³/mol. The molecule has 1 aliphatic heterocycles. The minimum atomic E-state index is -4.32. The van der Waals surface area contributed by atoms with Crippen molar-refractivity contribution in [2.45, 2.75) is 74.4 Å². The second-order valence-electron chi connectivity index (χ2n) is 10.3. The number of amides is 1. The van der Waals surface area contributed by atoms with Gasteiger partial charge in [0.15, 0.2) is 0 Å². The van der Waals surface area contributed by atoms with Crippen LogP contribution in [0.5, 0.6) is 5.88 Å². The topological polar surface area (TPSA) is 101 Å². The van der Waals surface area contributed by atoms with Crippen molar-refractivity contribution in [2.75, 3.05) is 6.61 Å². The molecule has 3 fully saturated rings. The second-order valence-corrected chi connectivity index (χ2v) is 12.1. The van der Waals surface area contributed by atoms with Crippen LogP contribution >= 0.6 is 0 Å². The molecule has 1 aromatic carbocycles. The maximum absolute atomic E-state index is 14.7. The van der Waals surface area contributed by atoms with Crippen molar-refractivity contribution >= 4 is 15.9 Å². The van der Waals surface area contributed by atoms with Crippen molar-refractivity contribution in [3.05, 3.63) is 47.7 Å². The average Bonchev–Trinajstić information content (AvgIpc) is 3.79. The van der Waals surface area contributed by atoms with E-state index in [1.165, 1.54) is 13.0 Å². The first-order chi connectivity index (χ1) is 18.3. The molecule has 1 amide bonds. The minimum absolute atomic E-state index is 0.000311. The summed E-state index contributed by atoms with van der Waals surface area (Å²) >= 11 is 0. The van der Waals surface area contributed by atoms with E-state index in [0.717, 1.165) is 41.4 Å². The third-order valence-corrected chi connectivity index (χ3v) is 9.33. The summed E-state index contributed by atoms with van der Waals surface area (Å²) in [6.07, 6.45) is -4.52. The van der Waals surface area contributed by atoms with Crippen LogP contribution < -0.4 is 10.1 Å². The summed E-state index contributed by atoms with van der Waals surface area (Å²) < 4.78 is 99.3. The molecule has 3 unspecified atom stereocenters. The van der Waals surface area contributed by atoms with Crippen LogP contribution in [0, 0.1) is 17.7 Å². The van der Waals surface area contributed by atoms with E-state index in [1.54, 1.807) is 0 Å². The van der Waals surface area contributed by atoms with E-state index in [0.29, 0.717) is 11.5 Å². The largest absolute Gasteiger partial charge is 0.477 e. The second kappa shape index (κ2) is 10.3. The molecule has 0 bridgehead atoms. The number of benzene rings is 1. The van der Waals surface area contributed by atoms with E-state index in [9.17, 15) is 35.2 Å². The number of aromatic nitrogens is 2. The number of halogens is 5. The highest BCUT2D eigenvalue weighted by molar-refractivity contribution is 7.89. The molecule has 2 saturated carbocycles. The van der Waals surface area contributed by atoms with Crippen LogP contribution in [-0.4, -0.2) is 59.6 Å². The molecule has 2 aromatic rings. The zero-order valence-electron chi connectivity index (χ0n) is 20.9. The molecule has 212 valence electrons. The smallest absolute Gasteiger partial charge is 0.392 e. The quantitative estimate of drug-likeness (QED) is 0.457. The molecule has 0 spiro atoms. The first kappa shape index (κ1) is 27.7. The van der Waals surface area contributed by atoms with Gasteiger partial charge in [-0.25, -0.2) is 22.2 Å². The summed E-state index contributed by atoms with van der Waals surface area (Å²) in [4.78, 5) is 21.5. The SMILES string of the molecule is CC1C(F)CC(C(=O)NCc2cc(OC[C@@H]3C[C@H]3C(F)(F)F)nc(C3CC3)n2)N1S(=O)(=O)c1ccc(F)cc1. The first-order valence-corrected chi connectivity index (χ1v) is 14.1. The number of ether oxygens (including phenoxy) is 1. The van der Waals surface area contributed by atoms with E-state index in [4.69, 9.17) is 4.74 Å². The van der Waals surface area contributed by atoms with Crippen molar-refractivity contribution in [3.63, 3.8) is 0 Å². The van der Waals surface area contributed by atoms with Crippen molar-refractivity contribution in [1.82, 2.24) is 19.6 Å². The number of hydrogen-bond acceptors (Lipinski definition) is 6. The summed E-state index contributed by atoms with van der Waals surface area (Å²) in [5.41, 5.74) is 0.328. The van der Waals surface area contributed by atoms with Gasteiger partial charge < -0.3 is 10.1 Å². The first-order valence-electron chi connectivity index (χ1n) is 12.6. The Hall–Kier alpha value is -2.87. The minimum Gasteiger partial charge on any atom is -0.477 e. The van der Waals surface area contributed by atoms with Crippen molar-refractivity contribution in [1.29, 1.82) is 0 Å². The van der Waals surface area contributed by atoms with Crippen LogP contribution in [0.3, 0.4) is 0 Å².